The first-order valence-electron chi connectivity index (χ1n) is 8.37. The second kappa shape index (κ2) is 8.23. The van der Waals surface area contributed by atoms with Crippen LogP contribution in [0.25, 0.3) is 0 Å². The minimum absolute atomic E-state index is 0.313. The summed E-state index contributed by atoms with van der Waals surface area (Å²) in [7, 11) is 2.11. The van der Waals surface area contributed by atoms with Crippen LogP contribution in [-0.2, 0) is 0 Å². The van der Waals surface area contributed by atoms with Crippen molar-refractivity contribution < 1.29 is 5.11 Å². The zero-order valence-corrected chi connectivity index (χ0v) is 12.6. The first-order chi connectivity index (χ1) is 9.35. The van der Waals surface area contributed by atoms with E-state index >= 15 is 0 Å². The molecule has 0 radical (unpaired) electrons. The van der Waals surface area contributed by atoms with E-state index in [9.17, 15) is 5.11 Å². The molecule has 0 bridgehead atoms. The Morgan fingerprint density at radius 2 is 1.68 bits per heavy atom. The third-order valence-corrected chi connectivity index (χ3v) is 5.23. The lowest BCUT2D eigenvalue weighted by atomic mass is 9.83. The summed E-state index contributed by atoms with van der Waals surface area (Å²) < 4.78 is 0. The molecule has 3 heteroatoms. The average molecular weight is 268 g/mol. The van der Waals surface area contributed by atoms with E-state index in [0.29, 0.717) is 12.6 Å². The van der Waals surface area contributed by atoms with Gasteiger partial charge in [-0.3, -0.25) is 4.90 Å². The van der Waals surface area contributed by atoms with Crippen LogP contribution in [0.15, 0.2) is 0 Å². The smallest absolute Gasteiger partial charge is 0.0558 e. The lowest BCUT2D eigenvalue weighted by Crippen LogP contribution is -2.47. The van der Waals surface area contributed by atoms with E-state index < -0.39 is 0 Å². The molecular formula is C16H32N2O. The normalized spacial score (nSPS) is 29.8. The Kier molecular flexibility index (Phi) is 6.62. The third-order valence-electron chi connectivity index (χ3n) is 5.23. The fraction of sp³-hybridized carbons (Fsp3) is 1.00. The summed E-state index contributed by atoms with van der Waals surface area (Å²) in [5.74, 6) is 0.784. The van der Waals surface area contributed by atoms with Crippen molar-refractivity contribution in [3.05, 3.63) is 0 Å². The van der Waals surface area contributed by atoms with Gasteiger partial charge >= 0.3 is 0 Å². The molecule has 3 nitrogen and oxygen atoms in total. The SMILES string of the molecule is CNC1CCCCC1CN(CCO)C1CCCCC1. The van der Waals surface area contributed by atoms with Gasteiger partial charge in [-0.2, -0.15) is 0 Å². The summed E-state index contributed by atoms with van der Waals surface area (Å²) in [6.07, 6.45) is 12.3. The van der Waals surface area contributed by atoms with Crippen LogP contribution in [0.5, 0.6) is 0 Å². The molecule has 0 aromatic carbocycles. The summed E-state index contributed by atoms with van der Waals surface area (Å²) >= 11 is 0. The number of rotatable bonds is 6. The van der Waals surface area contributed by atoms with Crippen molar-refractivity contribution in [1.29, 1.82) is 0 Å². The lowest BCUT2D eigenvalue weighted by molar-refractivity contribution is 0.0876. The Bertz CT molecular complexity index is 241. The molecule has 2 aliphatic carbocycles. The molecule has 0 aliphatic heterocycles. The first-order valence-corrected chi connectivity index (χ1v) is 8.37. The van der Waals surface area contributed by atoms with Gasteiger partial charge < -0.3 is 10.4 Å². The molecule has 2 atom stereocenters. The highest BCUT2D eigenvalue weighted by atomic mass is 16.3. The molecule has 0 amide bonds. The number of nitrogens with zero attached hydrogens (tertiary/aromatic N) is 1. The van der Waals surface area contributed by atoms with Crippen LogP contribution in [0.3, 0.4) is 0 Å². The van der Waals surface area contributed by atoms with E-state index in [0.717, 1.165) is 18.5 Å². The number of hydrogen-bond acceptors (Lipinski definition) is 3. The van der Waals surface area contributed by atoms with Crippen molar-refractivity contribution in [3.8, 4) is 0 Å². The summed E-state index contributed by atoms with van der Waals surface area (Å²) in [5, 5.41) is 12.9. The predicted octanol–water partition coefficient (Wildman–Crippen LogP) is 2.39. The van der Waals surface area contributed by atoms with Gasteiger partial charge in [0.2, 0.25) is 0 Å². The number of hydrogen-bond donors (Lipinski definition) is 2. The maximum atomic E-state index is 9.36. The topological polar surface area (TPSA) is 35.5 Å². The number of nitrogens with one attached hydrogen (secondary N) is 1. The van der Waals surface area contributed by atoms with Gasteiger partial charge in [0.1, 0.15) is 0 Å². The largest absolute Gasteiger partial charge is 0.395 e. The highest BCUT2D eigenvalue weighted by molar-refractivity contribution is 4.85. The zero-order chi connectivity index (χ0) is 13.5. The second-order valence-electron chi connectivity index (χ2n) is 6.45. The standard InChI is InChI=1S/C16H32N2O/c1-17-16-10-6-5-7-14(16)13-18(11-12-19)15-8-3-2-4-9-15/h14-17,19H,2-13H2,1H3. The molecule has 0 heterocycles. The van der Waals surface area contributed by atoms with Gasteiger partial charge in [0, 0.05) is 25.2 Å². The van der Waals surface area contributed by atoms with Crippen LogP contribution in [0.2, 0.25) is 0 Å². The van der Waals surface area contributed by atoms with Crippen molar-refractivity contribution in [1.82, 2.24) is 10.2 Å². The van der Waals surface area contributed by atoms with Crippen LogP contribution >= 0.6 is 0 Å². The molecule has 0 spiro atoms. The molecule has 112 valence electrons. The number of aliphatic hydroxyl groups is 1. The monoisotopic (exact) mass is 268 g/mol. The second-order valence-corrected chi connectivity index (χ2v) is 6.45. The van der Waals surface area contributed by atoms with Gasteiger partial charge in [-0.15, -0.1) is 0 Å². The van der Waals surface area contributed by atoms with Crippen molar-refractivity contribution in [2.45, 2.75) is 69.9 Å². The molecule has 2 unspecified atom stereocenters. The first kappa shape index (κ1) is 15.3. The zero-order valence-electron chi connectivity index (χ0n) is 12.6. The highest BCUT2D eigenvalue weighted by Crippen LogP contribution is 2.28. The average Bonchev–Trinajstić information content (AvgIpc) is 2.48. The Morgan fingerprint density at radius 3 is 2.37 bits per heavy atom. The van der Waals surface area contributed by atoms with Gasteiger partial charge in [0.15, 0.2) is 0 Å². The maximum absolute atomic E-state index is 9.36. The van der Waals surface area contributed by atoms with Crippen molar-refractivity contribution in [3.63, 3.8) is 0 Å². The summed E-state index contributed by atoms with van der Waals surface area (Å²) in [4.78, 5) is 2.60. The summed E-state index contributed by atoms with van der Waals surface area (Å²) in [6.45, 7) is 2.38. The fourth-order valence-corrected chi connectivity index (χ4v) is 4.11. The van der Waals surface area contributed by atoms with E-state index in [1.807, 2.05) is 0 Å². The van der Waals surface area contributed by atoms with Crippen LogP contribution in [-0.4, -0.2) is 48.8 Å². The minimum atomic E-state index is 0.313. The van der Waals surface area contributed by atoms with E-state index in [4.69, 9.17) is 0 Å². The lowest BCUT2D eigenvalue weighted by Gasteiger charge is -2.40. The van der Waals surface area contributed by atoms with Crippen molar-refractivity contribution in [2.75, 3.05) is 26.7 Å². The Morgan fingerprint density at radius 1 is 1.00 bits per heavy atom. The Hall–Kier alpha value is -0.120. The molecule has 0 saturated heterocycles. The molecule has 2 aliphatic rings. The molecule has 2 saturated carbocycles. The van der Waals surface area contributed by atoms with Crippen LogP contribution in [0, 0.1) is 5.92 Å². The van der Waals surface area contributed by atoms with Crippen molar-refractivity contribution >= 4 is 0 Å². The van der Waals surface area contributed by atoms with Gasteiger partial charge in [-0.05, 0) is 38.6 Å². The Labute approximate surface area is 118 Å². The predicted molar refractivity (Wildman–Crippen MR) is 80.3 cm³/mol. The summed E-state index contributed by atoms with van der Waals surface area (Å²) in [6, 6.07) is 1.43. The molecule has 19 heavy (non-hydrogen) atoms. The number of aliphatic hydroxyl groups excluding tert-OH is 1. The van der Waals surface area contributed by atoms with Crippen LogP contribution in [0.4, 0.5) is 0 Å². The van der Waals surface area contributed by atoms with Crippen LogP contribution < -0.4 is 5.32 Å². The quantitative estimate of drug-likeness (QED) is 0.776. The van der Waals surface area contributed by atoms with Gasteiger partial charge in [0.05, 0.1) is 6.61 Å². The van der Waals surface area contributed by atoms with Crippen molar-refractivity contribution in [2.24, 2.45) is 5.92 Å². The van der Waals surface area contributed by atoms with E-state index in [1.165, 1.54) is 64.3 Å². The molecule has 2 fully saturated rings. The van der Waals surface area contributed by atoms with Gasteiger partial charge in [-0.1, -0.05) is 32.1 Å². The van der Waals surface area contributed by atoms with E-state index in [2.05, 4.69) is 17.3 Å². The fourth-order valence-electron chi connectivity index (χ4n) is 4.11. The third kappa shape index (κ3) is 4.44. The molecule has 2 rings (SSSR count). The van der Waals surface area contributed by atoms with E-state index in [-0.39, 0.29) is 0 Å². The minimum Gasteiger partial charge on any atom is -0.395 e. The molecule has 0 aromatic heterocycles. The molecule has 0 aromatic rings. The maximum Gasteiger partial charge on any atom is 0.0558 e. The summed E-state index contributed by atoms with van der Waals surface area (Å²) in [5.41, 5.74) is 0. The van der Waals surface area contributed by atoms with E-state index in [1.54, 1.807) is 0 Å². The van der Waals surface area contributed by atoms with Gasteiger partial charge in [-0.25, -0.2) is 0 Å². The van der Waals surface area contributed by atoms with Crippen LogP contribution in [0.1, 0.15) is 57.8 Å². The highest BCUT2D eigenvalue weighted by Gasteiger charge is 2.28. The Balaban J connectivity index is 1.90. The molecule has 2 N–H and O–H groups in total. The molecular weight excluding hydrogens is 236 g/mol. The van der Waals surface area contributed by atoms with Gasteiger partial charge in [0.25, 0.3) is 0 Å².